The first-order valence-electron chi connectivity index (χ1n) is 9.77. The topological polar surface area (TPSA) is 58.6 Å². The van der Waals surface area contributed by atoms with Gasteiger partial charge in [0.2, 0.25) is 5.91 Å². The van der Waals surface area contributed by atoms with Gasteiger partial charge in [-0.2, -0.15) is 0 Å². The molecule has 0 radical (unpaired) electrons. The highest BCUT2D eigenvalue weighted by atomic mass is 16.5. The molecule has 5 nitrogen and oxygen atoms in total. The molecule has 0 atom stereocenters. The van der Waals surface area contributed by atoms with Crippen molar-refractivity contribution in [2.45, 2.75) is 52.5 Å². The standard InChI is InChI=1S/C21H30N2O3/c1-3-26-20(25)21(14-17-4-5-17)10-12-23(13-11-21)15-18-6-8-19(9-7-18)22-16(2)24/h6-9,17H,3-5,10-15H2,1-2H3,(H,22,24). The molecular formula is C21H30N2O3. The Hall–Kier alpha value is -1.88. The van der Waals surface area contributed by atoms with Crippen LogP contribution in [0.25, 0.3) is 0 Å². The first kappa shape index (κ1) is 18.9. The fraction of sp³-hybridized carbons (Fsp3) is 0.619. The Morgan fingerprint density at radius 2 is 1.85 bits per heavy atom. The molecule has 1 heterocycles. The molecule has 1 aliphatic heterocycles. The van der Waals surface area contributed by atoms with E-state index in [1.165, 1.54) is 25.3 Å². The number of ether oxygens (including phenoxy) is 1. The zero-order chi connectivity index (χ0) is 18.6. The quantitative estimate of drug-likeness (QED) is 0.757. The average molecular weight is 358 g/mol. The van der Waals surface area contributed by atoms with Gasteiger partial charge in [-0.05, 0) is 62.9 Å². The van der Waals surface area contributed by atoms with E-state index in [9.17, 15) is 9.59 Å². The Morgan fingerprint density at radius 3 is 2.38 bits per heavy atom. The Kier molecular flexibility index (Phi) is 5.97. The average Bonchev–Trinajstić information content (AvgIpc) is 3.42. The van der Waals surface area contributed by atoms with E-state index in [1.807, 2.05) is 19.1 Å². The minimum absolute atomic E-state index is 0.0196. The van der Waals surface area contributed by atoms with Crippen molar-refractivity contribution in [1.82, 2.24) is 4.90 Å². The number of hydrogen-bond donors (Lipinski definition) is 1. The Labute approximate surface area is 156 Å². The summed E-state index contributed by atoms with van der Waals surface area (Å²) in [5, 5.41) is 2.79. The summed E-state index contributed by atoms with van der Waals surface area (Å²) in [6.07, 6.45) is 5.33. The van der Waals surface area contributed by atoms with Crippen LogP contribution < -0.4 is 5.32 Å². The first-order chi connectivity index (χ1) is 12.5. The SMILES string of the molecule is CCOC(=O)C1(CC2CC2)CCN(Cc2ccc(NC(C)=O)cc2)CC1. The number of likely N-dealkylation sites (tertiary alicyclic amines) is 1. The minimum atomic E-state index is -0.261. The third-order valence-corrected chi connectivity index (χ3v) is 5.58. The second-order valence-electron chi connectivity index (χ2n) is 7.80. The minimum Gasteiger partial charge on any atom is -0.466 e. The Bertz CT molecular complexity index is 629. The smallest absolute Gasteiger partial charge is 0.312 e. The lowest BCUT2D eigenvalue weighted by molar-refractivity contribution is -0.159. The number of carbonyl (C=O) groups is 2. The summed E-state index contributed by atoms with van der Waals surface area (Å²) in [5.74, 6) is 0.693. The fourth-order valence-electron chi connectivity index (χ4n) is 3.94. The van der Waals surface area contributed by atoms with E-state index < -0.39 is 0 Å². The normalized spacial score (nSPS) is 19.8. The molecule has 0 aromatic heterocycles. The molecule has 0 unspecified atom stereocenters. The molecule has 2 fully saturated rings. The molecule has 1 aliphatic carbocycles. The van der Waals surface area contributed by atoms with Crippen LogP contribution in [-0.2, 0) is 20.9 Å². The number of piperidine rings is 1. The monoisotopic (exact) mass is 358 g/mol. The van der Waals surface area contributed by atoms with Crippen molar-refractivity contribution < 1.29 is 14.3 Å². The summed E-state index contributed by atoms with van der Waals surface area (Å²) in [6, 6.07) is 8.00. The highest BCUT2D eigenvalue weighted by molar-refractivity contribution is 5.88. The number of esters is 1. The van der Waals surface area contributed by atoms with Crippen LogP contribution in [0.2, 0.25) is 0 Å². The molecule has 26 heavy (non-hydrogen) atoms. The Morgan fingerprint density at radius 1 is 1.19 bits per heavy atom. The van der Waals surface area contributed by atoms with Gasteiger partial charge < -0.3 is 10.1 Å². The number of nitrogens with zero attached hydrogens (tertiary/aromatic N) is 1. The lowest BCUT2D eigenvalue weighted by Crippen LogP contribution is -2.45. The van der Waals surface area contributed by atoms with Gasteiger partial charge in [-0.1, -0.05) is 25.0 Å². The van der Waals surface area contributed by atoms with Crippen LogP contribution in [0.5, 0.6) is 0 Å². The molecule has 1 amide bonds. The van der Waals surface area contributed by atoms with Crippen molar-refractivity contribution in [1.29, 1.82) is 0 Å². The summed E-state index contributed by atoms with van der Waals surface area (Å²) >= 11 is 0. The predicted molar refractivity (Wildman–Crippen MR) is 102 cm³/mol. The number of anilines is 1. The van der Waals surface area contributed by atoms with Gasteiger partial charge in [0, 0.05) is 19.2 Å². The Balaban J connectivity index is 1.56. The second kappa shape index (κ2) is 8.21. The van der Waals surface area contributed by atoms with Gasteiger partial charge in [0.25, 0.3) is 0 Å². The second-order valence-corrected chi connectivity index (χ2v) is 7.80. The lowest BCUT2D eigenvalue weighted by Gasteiger charge is -2.40. The van der Waals surface area contributed by atoms with Crippen LogP contribution in [0.4, 0.5) is 5.69 Å². The number of hydrogen-bond acceptors (Lipinski definition) is 4. The molecule has 1 N–H and O–H groups in total. The van der Waals surface area contributed by atoms with Gasteiger partial charge in [0.15, 0.2) is 0 Å². The third kappa shape index (κ3) is 4.85. The lowest BCUT2D eigenvalue weighted by atomic mass is 9.74. The van der Waals surface area contributed by atoms with Crippen LogP contribution >= 0.6 is 0 Å². The van der Waals surface area contributed by atoms with Crippen LogP contribution in [0, 0.1) is 11.3 Å². The largest absolute Gasteiger partial charge is 0.466 e. The van der Waals surface area contributed by atoms with Crippen molar-refractivity contribution in [3.8, 4) is 0 Å². The van der Waals surface area contributed by atoms with Crippen molar-refractivity contribution in [3.63, 3.8) is 0 Å². The summed E-state index contributed by atoms with van der Waals surface area (Å²) in [7, 11) is 0. The van der Waals surface area contributed by atoms with Crippen LogP contribution in [-0.4, -0.2) is 36.5 Å². The molecule has 1 saturated carbocycles. The van der Waals surface area contributed by atoms with E-state index in [1.54, 1.807) is 0 Å². The highest BCUT2D eigenvalue weighted by Gasteiger charge is 2.45. The molecule has 1 aromatic carbocycles. The first-order valence-corrected chi connectivity index (χ1v) is 9.77. The van der Waals surface area contributed by atoms with E-state index in [2.05, 4.69) is 22.3 Å². The maximum atomic E-state index is 12.6. The van der Waals surface area contributed by atoms with E-state index in [-0.39, 0.29) is 17.3 Å². The van der Waals surface area contributed by atoms with Gasteiger partial charge in [0.05, 0.1) is 12.0 Å². The molecule has 1 aromatic rings. The summed E-state index contributed by atoms with van der Waals surface area (Å²) in [4.78, 5) is 26.1. The van der Waals surface area contributed by atoms with Crippen molar-refractivity contribution in [3.05, 3.63) is 29.8 Å². The van der Waals surface area contributed by atoms with E-state index in [0.29, 0.717) is 6.61 Å². The van der Waals surface area contributed by atoms with Gasteiger partial charge in [-0.15, -0.1) is 0 Å². The third-order valence-electron chi connectivity index (χ3n) is 5.58. The number of rotatable bonds is 7. The van der Waals surface area contributed by atoms with E-state index >= 15 is 0 Å². The number of benzene rings is 1. The van der Waals surface area contributed by atoms with Gasteiger partial charge in [0.1, 0.15) is 0 Å². The maximum absolute atomic E-state index is 12.6. The van der Waals surface area contributed by atoms with Crippen molar-refractivity contribution >= 4 is 17.6 Å². The number of nitrogens with one attached hydrogen (secondary N) is 1. The van der Waals surface area contributed by atoms with Gasteiger partial charge >= 0.3 is 5.97 Å². The molecule has 5 heteroatoms. The molecule has 2 aliphatic rings. The zero-order valence-corrected chi connectivity index (χ0v) is 15.9. The molecule has 142 valence electrons. The van der Waals surface area contributed by atoms with Crippen molar-refractivity contribution in [2.75, 3.05) is 25.0 Å². The molecule has 0 spiro atoms. The zero-order valence-electron chi connectivity index (χ0n) is 15.9. The summed E-state index contributed by atoms with van der Waals surface area (Å²) < 4.78 is 5.42. The summed E-state index contributed by atoms with van der Waals surface area (Å²) in [5.41, 5.74) is 1.79. The van der Waals surface area contributed by atoms with Crippen LogP contribution in [0.1, 0.15) is 51.5 Å². The van der Waals surface area contributed by atoms with E-state index in [4.69, 9.17) is 4.74 Å². The van der Waals surface area contributed by atoms with Crippen LogP contribution in [0.15, 0.2) is 24.3 Å². The van der Waals surface area contributed by atoms with Gasteiger partial charge in [-0.25, -0.2) is 0 Å². The van der Waals surface area contributed by atoms with E-state index in [0.717, 1.165) is 50.5 Å². The van der Waals surface area contributed by atoms with Crippen molar-refractivity contribution in [2.24, 2.45) is 11.3 Å². The fourth-order valence-corrected chi connectivity index (χ4v) is 3.94. The predicted octanol–water partition coefficient (Wildman–Crippen LogP) is 3.59. The molecule has 3 rings (SSSR count). The summed E-state index contributed by atoms with van der Waals surface area (Å²) in [6.45, 7) is 6.61. The highest BCUT2D eigenvalue weighted by Crippen LogP contribution is 2.46. The maximum Gasteiger partial charge on any atom is 0.312 e. The number of carbonyl (C=O) groups excluding carboxylic acids is 2. The molecule has 0 bridgehead atoms. The molecule has 1 saturated heterocycles. The number of amides is 1. The van der Waals surface area contributed by atoms with Crippen LogP contribution in [0.3, 0.4) is 0 Å². The molecular weight excluding hydrogens is 328 g/mol. The van der Waals surface area contributed by atoms with Gasteiger partial charge in [-0.3, -0.25) is 14.5 Å².